The molecular formula is C15H13F4NO. The first-order valence-electron chi connectivity index (χ1n) is 6.23. The summed E-state index contributed by atoms with van der Waals surface area (Å²) in [4.78, 5) is 3.64. The van der Waals surface area contributed by atoms with Gasteiger partial charge in [0.2, 0.25) is 0 Å². The van der Waals surface area contributed by atoms with Gasteiger partial charge in [0.05, 0.1) is 17.4 Å². The second-order valence-corrected chi connectivity index (χ2v) is 4.76. The first-order valence-corrected chi connectivity index (χ1v) is 6.23. The number of benzene rings is 1. The van der Waals surface area contributed by atoms with Crippen molar-refractivity contribution in [1.29, 1.82) is 0 Å². The minimum Gasteiger partial charge on any atom is -0.386 e. The van der Waals surface area contributed by atoms with E-state index in [0.29, 0.717) is 17.3 Å². The molecule has 0 aliphatic rings. The predicted octanol–water partition coefficient (Wildman–Crippen LogP) is 3.82. The van der Waals surface area contributed by atoms with Crippen LogP contribution < -0.4 is 0 Å². The van der Waals surface area contributed by atoms with Crippen molar-refractivity contribution < 1.29 is 22.7 Å². The molecule has 21 heavy (non-hydrogen) atoms. The number of pyridine rings is 1. The molecule has 2 nitrogen and oxygen atoms in total. The van der Waals surface area contributed by atoms with Crippen LogP contribution in [0.3, 0.4) is 0 Å². The third kappa shape index (κ3) is 3.78. The third-order valence-electron chi connectivity index (χ3n) is 3.17. The van der Waals surface area contributed by atoms with Gasteiger partial charge in [0, 0.05) is 12.6 Å². The maximum atomic E-state index is 13.0. The summed E-state index contributed by atoms with van der Waals surface area (Å²) in [6.45, 7) is 1.70. The average molecular weight is 299 g/mol. The van der Waals surface area contributed by atoms with Crippen LogP contribution in [-0.4, -0.2) is 10.1 Å². The number of halogens is 4. The van der Waals surface area contributed by atoms with Crippen molar-refractivity contribution in [3.05, 3.63) is 64.7 Å². The molecule has 0 spiro atoms. The van der Waals surface area contributed by atoms with Crippen molar-refractivity contribution >= 4 is 0 Å². The Morgan fingerprint density at radius 1 is 1.19 bits per heavy atom. The Hall–Kier alpha value is -1.95. The topological polar surface area (TPSA) is 33.1 Å². The average Bonchev–Trinajstić information content (AvgIpc) is 2.41. The smallest absolute Gasteiger partial charge is 0.386 e. The molecule has 6 heteroatoms. The summed E-state index contributed by atoms with van der Waals surface area (Å²) in [5.41, 5.74) is 0.662. The van der Waals surface area contributed by atoms with E-state index in [1.165, 1.54) is 18.2 Å². The van der Waals surface area contributed by atoms with Gasteiger partial charge in [-0.05, 0) is 42.3 Å². The van der Waals surface area contributed by atoms with Gasteiger partial charge >= 0.3 is 6.18 Å². The molecule has 1 atom stereocenters. The number of nitrogens with zero attached hydrogens (tertiary/aromatic N) is 1. The highest BCUT2D eigenvalue weighted by Crippen LogP contribution is 2.29. The Kier molecular flexibility index (Phi) is 4.27. The fourth-order valence-corrected chi connectivity index (χ4v) is 1.97. The predicted molar refractivity (Wildman–Crippen MR) is 69.0 cm³/mol. The molecule has 0 fully saturated rings. The molecule has 0 saturated carbocycles. The molecule has 112 valence electrons. The largest absolute Gasteiger partial charge is 0.417 e. The number of aliphatic hydroxyl groups is 1. The summed E-state index contributed by atoms with van der Waals surface area (Å²) in [7, 11) is 0. The monoisotopic (exact) mass is 299 g/mol. The lowest BCUT2D eigenvalue weighted by Gasteiger charge is -2.13. The highest BCUT2D eigenvalue weighted by Gasteiger charge is 2.30. The van der Waals surface area contributed by atoms with Crippen LogP contribution in [0.1, 0.15) is 28.5 Å². The molecule has 0 radical (unpaired) electrons. The molecule has 2 aromatic rings. The first-order chi connectivity index (χ1) is 9.77. The molecule has 0 aliphatic heterocycles. The van der Waals surface area contributed by atoms with Crippen LogP contribution in [0, 0.1) is 12.7 Å². The Balaban J connectivity index is 2.15. The second-order valence-electron chi connectivity index (χ2n) is 4.76. The maximum absolute atomic E-state index is 13.0. The Bertz CT molecular complexity index is 623. The molecule has 0 aliphatic carbocycles. The van der Waals surface area contributed by atoms with Gasteiger partial charge in [-0.2, -0.15) is 13.2 Å². The lowest BCUT2D eigenvalue weighted by atomic mass is 10.0. The van der Waals surface area contributed by atoms with E-state index in [2.05, 4.69) is 4.98 Å². The van der Waals surface area contributed by atoms with Gasteiger partial charge in [0.15, 0.2) is 0 Å². The SMILES string of the molecule is Cc1cc(F)ccc1CC(O)c1ccc(C(F)(F)F)cn1. The molecule has 1 N–H and O–H groups in total. The maximum Gasteiger partial charge on any atom is 0.417 e. The molecule has 0 saturated heterocycles. The summed E-state index contributed by atoms with van der Waals surface area (Å²) in [6.07, 6.45) is -4.65. The summed E-state index contributed by atoms with van der Waals surface area (Å²) < 4.78 is 50.2. The molecule has 1 aromatic heterocycles. The number of rotatable bonds is 3. The molecule has 2 rings (SSSR count). The van der Waals surface area contributed by atoms with Crippen molar-refractivity contribution in [1.82, 2.24) is 4.98 Å². The van der Waals surface area contributed by atoms with Gasteiger partial charge in [-0.1, -0.05) is 6.07 Å². The van der Waals surface area contributed by atoms with Crippen molar-refractivity contribution in [2.45, 2.75) is 25.6 Å². The van der Waals surface area contributed by atoms with Gasteiger partial charge in [-0.3, -0.25) is 4.98 Å². The van der Waals surface area contributed by atoms with Crippen molar-refractivity contribution in [2.24, 2.45) is 0 Å². The van der Waals surface area contributed by atoms with E-state index in [1.54, 1.807) is 6.92 Å². The van der Waals surface area contributed by atoms with E-state index < -0.39 is 17.8 Å². The summed E-state index contributed by atoms with van der Waals surface area (Å²) in [5.74, 6) is -0.376. The third-order valence-corrected chi connectivity index (χ3v) is 3.17. The van der Waals surface area contributed by atoms with E-state index in [-0.39, 0.29) is 17.9 Å². The molecule has 1 heterocycles. The van der Waals surface area contributed by atoms with Crippen LogP contribution in [0.15, 0.2) is 36.5 Å². The van der Waals surface area contributed by atoms with E-state index in [9.17, 15) is 22.7 Å². The van der Waals surface area contributed by atoms with E-state index in [1.807, 2.05) is 0 Å². The van der Waals surface area contributed by atoms with Gasteiger partial charge < -0.3 is 5.11 Å². The molecule has 0 bridgehead atoms. The number of hydrogen-bond acceptors (Lipinski definition) is 2. The Morgan fingerprint density at radius 3 is 2.43 bits per heavy atom. The highest BCUT2D eigenvalue weighted by molar-refractivity contribution is 5.28. The fraction of sp³-hybridized carbons (Fsp3) is 0.267. The van der Waals surface area contributed by atoms with E-state index in [4.69, 9.17) is 0 Å². The minimum atomic E-state index is -4.45. The van der Waals surface area contributed by atoms with Gasteiger partial charge in [-0.15, -0.1) is 0 Å². The summed E-state index contributed by atoms with van der Waals surface area (Å²) in [5, 5.41) is 10.0. The van der Waals surface area contributed by atoms with Crippen molar-refractivity contribution in [2.75, 3.05) is 0 Å². The van der Waals surface area contributed by atoms with Crippen LogP contribution >= 0.6 is 0 Å². The zero-order chi connectivity index (χ0) is 15.6. The summed E-state index contributed by atoms with van der Waals surface area (Å²) >= 11 is 0. The number of aliphatic hydroxyl groups excluding tert-OH is 1. The fourth-order valence-electron chi connectivity index (χ4n) is 1.97. The first kappa shape index (κ1) is 15.4. The lowest BCUT2D eigenvalue weighted by molar-refractivity contribution is -0.137. The highest BCUT2D eigenvalue weighted by atomic mass is 19.4. The minimum absolute atomic E-state index is 0.145. The molecule has 1 aromatic carbocycles. The lowest BCUT2D eigenvalue weighted by Crippen LogP contribution is -2.09. The zero-order valence-corrected chi connectivity index (χ0v) is 11.2. The number of alkyl halides is 3. The van der Waals surface area contributed by atoms with Crippen LogP contribution in [0.5, 0.6) is 0 Å². The number of aromatic nitrogens is 1. The standard InChI is InChI=1S/C15H13F4NO/c1-9-6-12(16)4-2-10(9)7-14(21)13-5-3-11(8-20-13)15(17,18)19/h2-6,8,14,21H,7H2,1H3. The van der Waals surface area contributed by atoms with Crippen LogP contribution in [0.2, 0.25) is 0 Å². The van der Waals surface area contributed by atoms with Crippen LogP contribution in [0.4, 0.5) is 17.6 Å². The van der Waals surface area contributed by atoms with Crippen molar-refractivity contribution in [3.8, 4) is 0 Å². The zero-order valence-electron chi connectivity index (χ0n) is 11.2. The number of hydrogen-bond donors (Lipinski definition) is 1. The van der Waals surface area contributed by atoms with E-state index >= 15 is 0 Å². The van der Waals surface area contributed by atoms with Gasteiger partial charge in [-0.25, -0.2) is 4.39 Å². The van der Waals surface area contributed by atoms with Crippen molar-refractivity contribution in [3.63, 3.8) is 0 Å². The van der Waals surface area contributed by atoms with Gasteiger partial charge in [0.1, 0.15) is 5.82 Å². The second kappa shape index (κ2) is 5.81. The van der Waals surface area contributed by atoms with Crippen LogP contribution in [-0.2, 0) is 12.6 Å². The number of aryl methyl sites for hydroxylation is 1. The molecule has 1 unspecified atom stereocenters. The normalized spacial score (nSPS) is 13.2. The summed E-state index contributed by atoms with van der Waals surface area (Å²) in [6, 6.07) is 6.17. The Morgan fingerprint density at radius 2 is 1.90 bits per heavy atom. The molecular weight excluding hydrogens is 286 g/mol. The molecule has 0 amide bonds. The Labute approximate surface area is 119 Å². The van der Waals surface area contributed by atoms with E-state index in [0.717, 1.165) is 12.1 Å². The quantitative estimate of drug-likeness (QED) is 0.874. The van der Waals surface area contributed by atoms with Gasteiger partial charge in [0.25, 0.3) is 0 Å². The van der Waals surface area contributed by atoms with Crippen LogP contribution in [0.25, 0.3) is 0 Å².